The monoisotopic (exact) mass is 264 g/mol. The molecule has 5 nitrogen and oxygen atoms in total. The summed E-state index contributed by atoms with van der Waals surface area (Å²) in [7, 11) is 1.54. The molecule has 0 atom stereocenters. The van der Waals surface area contributed by atoms with Crippen molar-refractivity contribution in [2.45, 2.75) is 12.7 Å². The second-order valence-corrected chi connectivity index (χ2v) is 4.83. The first-order chi connectivity index (χ1) is 8.60. The maximum Gasteiger partial charge on any atom is 0.258 e. The van der Waals surface area contributed by atoms with Crippen molar-refractivity contribution >= 4 is 27.8 Å². The number of nitrogens with zero attached hydrogens (tertiary/aromatic N) is 1. The predicted molar refractivity (Wildman–Crippen MR) is 70.9 cm³/mol. The van der Waals surface area contributed by atoms with Crippen LogP contribution in [0.4, 0.5) is 0 Å². The molecule has 0 aliphatic heterocycles. The van der Waals surface area contributed by atoms with Gasteiger partial charge in [0.1, 0.15) is 11.6 Å². The Morgan fingerprint density at radius 1 is 1.50 bits per heavy atom. The van der Waals surface area contributed by atoms with Crippen LogP contribution in [0, 0.1) is 0 Å². The topological polar surface area (TPSA) is 72.0 Å². The fraction of sp³-hybridized carbons (Fsp3) is 0.250. The zero-order valence-corrected chi connectivity index (χ0v) is 10.8. The van der Waals surface area contributed by atoms with E-state index in [0.29, 0.717) is 28.2 Å². The van der Waals surface area contributed by atoms with E-state index >= 15 is 0 Å². The lowest BCUT2D eigenvalue weighted by Crippen LogP contribution is -2.11. The molecular formula is C12H12N2O3S. The zero-order valence-electron chi connectivity index (χ0n) is 10.0. The Balaban J connectivity index is 2.43. The quantitative estimate of drug-likeness (QED) is 0.913. The molecule has 1 aromatic heterocycles. The van der Waals surface area contributed by atoms with Gasteiger partial charge in [-0.25, -0.2) is 4.98 Å². The Hall–Kier alpha value is -1.82. The van der Waals surface area contributed by atoms with Crippen molar-refractivity contribution in [1.82, 2.24) is 9.97 Å². The van der Waals surface area contributed by atoms with Gasteiger partial charge in [0.15, 0.2) is 5.12 Å². The molecule has 94 valence electrons. The molecule has 0 fully saturated rings. The van der Waals surface area contributed by atoms with Crippen LogP contribution >= 0.6 is 11.8 Å². The van der Waals surface area contributed by atoms with E-state index in [1.807, 2.05) is 0 Å². The standard InChI is InChI=1S/C12H12N2O3S/c1-7(15)18-6-11-13-10-4-3-8(17-2)5-9(10)12(16)14-11/h3-5H,6H2,1-2H3,(H,13,14,16). The van der Waals surface area contributed by atoms with Crippen LogP contribution in [0.25, 0.3) is 10.9 Å². The van der Waals surface area contributed by atoms with Gasteiger partial charge in [-0.1, -0.05) is 11.8 Å². The molecule has 0 spiro atoms. The number of methoxy groups -OCH3 is 1. The van der Waals surface area contributed by atoms with Gasteiger partial charge in [-0.05, 0) is 18.2 Å². The molecule has 0 aliphatic carbocycles. The molecule has 1 N–H and O–H groups in total. The first-order valence-electron chi connectivity index (χ1n) is 5.30. The molecule has 0 aliphatic rings. The largest absolute Gasteiger partial charge is 0.497 e. The van der Waals surface area contributed by atoms with E-state index in [4.69, 9.17) is 4.74 Å². The molecule has 2 rings (SSSR count). The average molecular weight is 264 g/mol. The number of hydrogen-bond donors (Lipinski definition) is 1. The van der Waals surface area contributed by atoms with Crippen LogP contribution in [0.2, 0.25) is 0 Å². The first kappa shape index (κ1) is 12.6. The third-order valence-corrected chi connectivity index (χ3v) is 3.20. The Labute approximate surface area is 108 Å². The zero-order chi connectivity index (χ0) is 13.1. The lowest BCUT2D eigenvalue weighted by molar-refractivity contribution is -0.109. The molecule has 0 saturated carbocycles. The highest BCUT2D eigenvalue weighted by molar-refractivity contribution is 8.12. The smallest absolute Gasteiger partial charge is 0.258 e. The molecule has 18 heavy (non-hydrogen) atoms. The van der Waals surface area contributed by atoms with Crippen LogP contribution in [0.5, 0.6) is 5.75 Å². The highest BCUT2D eigenvalue weighted by Crippen LogP contribution is 2.17. The average Bonchev–Trinajstić information content (AvgIpc) is 2.36. The molecule has 1 heterocycles. The summed E-state index contributed by atoms with van der Waals surface area (Å²) in [5.41, 5.74) is 0.372. The number of aromatic nitrogens is 2. The minimum Gasteiger partial charge on any atom is -0.497 e. The molecule has 1 aromatic carbocycles. The summed E-state index contributed by atoms with van der Waals surface area (Å²) in [5.74, 6) is 1.48. The maximum atomic E-state index is 11.9. The number of fused-ring (bicyclic) bond motifs is 1. The lowest BCUT2D eigenvalue weighted by Gasteiger charge is -2.03. The van der Waals surface area contributed by atoms with Crippen LogP contribution in [0.3, 0.4) is 0 Å². The summed E-state index contributed by atoms with van der Waals surface area (Å²) in [6.07, 6.45) is 0. The van der Waals surface area contributed by atoms with E-state index in [2.05, 4.69) is 9.97 Å². The fourth-order valence-corrected chi connectivity index (χ4v) is 2.01. The third kappa shape index (κ3) is 2.70. The number of thioether (sulfide) groups is 1. The van der Waals surface area contributed by atoms with Crippen LogP contribution in [0.15, 0.2) is 23.0 Å². The highest BCUT2D eigenvalue weighted by Gasteiger charge is 2.06. The van der Waals surface area contributed by atoms with E-state index in [0.717, 1.165) is 11.8 Å². The van der Waals surface area contributed by atoms with Crippen molar-refractivity contribution in [2.24, 2.45) is 0 Å². The van der Waals surface area contributed by atoms with Gasteiger partial charge in [-0.2, -0.15) is 0 Å². The van der Waals surface area contributed by atoms with Crippen LogP contribution in [-0.2, 0) is 10.5 Å². The van der Waals surface area contributed by atoms with Crippen molar-refractivity contribution < 1.29 is 9.53 Å². The second kappa shape index (κ2) is 5.22. The van der Waals surface area contributed by atoms with Gasteiger partial charge in [0.25, 0.3) is 5.56 Å². The van der Waals surface area contributed by atoms with Gasteiger partial charge >= 0.3 is 0 Å². The van der Waals surface area contributed by atoms with Gasteiger partial charge in [0.2, 0.25) is 0 Å². The molecule has 0 radical (unpaired) electrons. The first-order valence-corrected chi connectivity index (χ1v) is 6.29. The van der Waals surface area contributed by atoms with Crippen molar-refractivity contribution in [1.29, 1.82) is 0 Å². The van der Waals surface area contributed by atoms with Crippen molar-refractivity contribution in [3.05, 3.63) is 34.4 Å². The molecule has 6 heteroatoms. The molecular weight excluding hydrogens is 252 g/mol. The fourth-order valence-electron chi connectivity index (χ4n) is 1.53. The van der Waals surface area contributed by atoms with E-state index in [1.54, 1.807) is 25.3 Å². The Kier molecular flexibility index (Phi) is 3.66. The molecule has 0 bridgehead atoms. The minimum absolute atomic E-state index is 0.00697. The lowest BCUT2D eigenvalue weighted by atomic mass is 10.2. The van der Waals surface area contributed by atoms with E-state index < -0.39 is 0 Å². The summed E-state index contributed by atoms with van der Waals surface area (Å²) < 4.78 is 5.06. The van der Waals surface area contributed by atoms with Gasteiger partial charge in [-0.3, -0.25) is 9.59 Å². The number of benzene rings is 1. The van der Waals surface area contributed by atoms with Gasteiger partial charge in [-0.15, -0.1) is 0 Å². The number of ether oxygens (including phenoxy) is 1. The third-order valence-electron chi connectivity index (χ3n) is 2.37. The Morgan fingerprint density at radius 2 is 2.28 bits per heavy atom. The van der Waals surface area contributed by atoms with Crippen LogP contribution in [0.1, 0.15) is 12.7 Å². The van der Waals surface area contributed by atoms with E-state index in [-0.39, 0.29) is 10.7 Å². The summed E-state index contributed by atoms with van der Waals surface area (Å²) in [6, 6.07) is 5.12. The van der Waals surface area contributed by atoms with Crippen LogP contribution < -0.4 is 10.3 Å². The molecule has 0 saturated heterocycles. The summed E-state index contributed by atoms with van der Waals surface area (Å²) >= 11 is 1.11. The van der Waals surface area contributed by atoms with E-state index in [1.165, 1.54) is 6.92 Å². The Morgan fingerprint density at radius 3 is 2.94 bits per heavy atom. The number of hydrogen-bond acceptors (Lipinski definition) is 5. The molecule has 2 aromatic rings. The van der Waals surface area contributed by atoms with Gasteiger partial charge in [0.05, 0.1) is 23.8 Å². The maximum absolute atomic E-state index is 11.9. The highest BCUT2D eigenvalue weighted by atomic mass is 32.2. The van der Waals surface area contributed by atoms with Crippen molar-refractivity contribution in [3.63, 3.8) is 0 Å². The number of H-pyrrole nitrogens is 1. The minimum atomic E-state index is -0.224. The van der Waals surface area contributed by atoms with Gasteiger partial charge < -0.3 is 9.72 Å². The number of carbonyl (C=O) groups is 1. The predicted octanol–water partition coefficient (Wildman–Crippen LogP) is 1.71. The number of aromatic amines is 1. The normalized spacial score (nSPS) is 10.6. The number of carbonyl (C=O) groups excluding carboxylic acids is 1. The summed E-state index contributed by atoms with van der Waals surface area (Å²) in [5, 5.41) is 0.471. The number of nitrogens with one attached hydrogen (secondary N) is 1. The van der Waals surface area contributed by atoms with Crippen molar-refractivity contribution in [3.8, 4) is 5.75 Å². The van der Waals surface area contributed by atoms with Gasteiger partial charge in [0, 0.05) is 6.92 Å². The van der Waals surface area contributed by atoms with Crippen molar-refractivity contribution in [2.75, 3.05) is 7.11 Å². The van der Waals surface area contributed by atoms with Crippen LogP contribution in [-0.4, -0.2) is 22.2 Å². The molecule has 0 unspecified atom stereocenters. The SMILES string of the molecule is COc1ccc2nc(CSC(C)=O)[nH]c(=O)c2c1. The van der Waals surface area contributed by atoms with E-state index in [9.17, 15) is 9.59 Å². The number of rotatable bonds is 3. The Bertz CT molecular complexity index is 651. The summed E-state index contributed by atoms with van der Waals surface area (Å²) in [6.45, 7) is 1.48. The molecule has 0 amide bonds. The second-order valence-electron chi connectivity index (χ2n) is 3.68. The summed E-state index contributed by atoms with van der Waals surface area (Å²) in [4.78, 5) is 29.7.